The zero-order chi connectivity index (χ0) is 27.1. The Morgan fingerprint density at radius 2 is 1.67 bits per heavy atom. The minimum Gasteiger partial charge on any atom is -0.481 e. The van der Waals surface area contributed by atoms with Gasteiger partial charge in [-0.2, -0.15) is 0 Å². The summed E-state index contributed by atoms with van der Waals surface area (Å²) >= 11 is 0. The largest absolute Gasteiger partial charge is 0.481 e. The van der Waals surface area contributed by atoms with Crippen molar-refractivity contribution in [3.05, 3.63) is 12.2 Å². The molecule has 3 N–H and O–H groups in total. The maximum atomic E-state index is 13.6. The number of hydrogen-bond acceptors (Lipinski definition) is 8. The molecule has 5 atom stereocenters. The smallest absolute Gasteiger partial charge is 0.320 e. The van der Waals surface area contributed by atoms with Gasteiger partial charge in [0.25, 0.3) is 0 Å². The number of aliphatic hydroxyl groups is 2. The van der Waals surface area contributed by atoms with Gasteiger partial charge in [-0.25, -0.2) is 0 Å². The third-order valence-electron chi connectivity index (χ3n) is 6.95. The lowest BCUT2D eigenvalue weighted by Gasteiger charge is -2.32. The Morgan fingerprint density at radius 1 is 1.00 bits per heavy atom. The molecule has 1 fully saturated rings. The lowest BCUT2D eigenvalue weighted by molar-refractivity contribution is -0.162. The monoisotopic (exact) mass is 512 g/mol. The molecule has 0 heterocycles. The van der Waals surface area contributed by atoms with E-state index in [-0.39, 0.29) is 25.4 Å². The quantitative estimate of drug-likeness (QED) is 0.109. The molecule has 5 unspecified atom stereocenters. The third-order valence-corrected chi connectivity index (χ3v) is 6.95. The van der Waals surface area contributed by atoms with Crippen LogP contribution in [0.25, 0.3) is 0 Å². The zero-order valence-electron chi connectivity index (χ0n) is 21.9. The molecule has 0 bridgehead atoms. The van der Waals surface area contributed by atoms with E-state index in [9.17, 15) is 34.5 Å². The summed E-state index contributed by atoms with van der Waals surface area (Å²) in [5.74, 6) is -6.69. The fourth-order valence-electron chi connectivity index (χ4n) is 5.13. The summed E-state index contributed by atoms with van der Waals surface area (Å²) in [6.07, 6.45) is 8.16. The number of carbonyl (C=O) groups excluding carboxylic acids is 3. The summed E-state index contributed by atoms with van der Waals surface area (Å²) in [5, 5.41) is 30.3. The molecule has 1 rings (SSSR count). The second kappa shape index (κ2) is 16.5. The van der Waals surface area contributed by atoms with Crippen molar-refractivity contribution >= 4 is 23.7 Å². The van der Waals surface area contributed by atoms with Crippen molar-refractivity contribution in [3.8, 4) is 0 Å². The van der Waals surface area contributed by atoms with Crippen LogP contribution in [0.5, 0.6) is 0 Å². The Balaban J connectivity index is 3.17. The number of hydrogen-bond donors (Lipinski definition) is 3. The topological polar surface area (TPSA) is 147 Å². The number of carbonyl (C=O) groups is 4. The Morgan fingerprint density at radius 3 is 2.25 bits per heavy atom. The van der Waals surface area contributed by atoms with Gasteiger partial charge in [0.05, 0.1) is 19.3 Å². The van der Waals surface area contributed by atoms with Gasteiger partial charge in [0.2, 0.25) is 0 Å². The van der Waals surface area contributed by atoms with Gasteiger partial charge < -0.3 is 24.8 Å². The van der Waals surface area contributed by atoms with Gasteiger partial charge in [-0.15, -0.1) is 0 Å². The lowest BCUT2D eigenvalue weighted by Crippen LogP contribution is -2.43. The number of carboxylic acids is 1. The summed E-state index contributed by atoms with van der Waals surface area (Å²) in [6, 6.07) is 0. The number of unbranched alkanes of at least 4 members (excludes halogenated alkanes) is 5. The van der Waals surface area contributed by atoms with Gasteiger partial charge in [-0.3, -0.25) is 19.2 Å². The highest BCUT2D eigenvalue weighted by atomic mass is 16.5. The van der Waals surface area contributed by atoms with Crippen molar-refractivity contribution in [2.45, 2.75) is 91.1 Å². The Hall–Kier alpha value is -2.26. The number of Topliss-reactive ketones (excluding diaryl/α,β-unsaturated/α-hetero) is 1. The predicted molar refractivity (Wildman–Crippen MR) is 133 cm³/mol. The molecule has 0 aliphatic heterocycles. The minimum atomic E-state index is -1.76. The van der Waals surface area contributed by atoms with Gasteiger partial charge in [0.1, 0.15) is 11.3 Å². The van der Waals surface area contributed by atoms with Gasteiger partial charge in [-0.05, 0) is 33.1 Å². The summed E-state index contributed by atoms with van der Waals surface area (Å²) in [7, 11) is 0. The van der Waals surface area contributed by atoms with Crippen LogP contribution in [0.2, 0.25) is 0 Å². The van der Waals surface area contributed by atoms with E-state index in [1.807, 2.05) is 0 Å². The summed E-state index contributed by atoms with van der Waals surface area (Å²) in [5.41, 5.74) is -1.76. The molecule has 0 spiro atoms. The van der Waals surface area contributed by atoms with E-state index in [0.717, 1.165) is 19.3 Å². The number of ketones is 1. The van der Waals surface area contributed by atoms with Crippen LogP contribution in [0.4, 0.5) is 0 Å². The molecule has 206 valence electrons. The standard InChI is InChI=1S/C27H44O9/c1-4-7-10-13-19(29)15-16-21-20(18-28)23(25(32)33)24(31)27(21,26(34)36-6-3)17-12-9-8-11-14-22(30)35-5-2/h15-16,19-21,23,28-29H,4-14,17-18H2,1-3H3,(H,32,33)/b16-15+. The normalized spacial score (nSPS) is 24.7. The van der Waals surface area contributed by atoms with Crippen molar-refractivity contribution in [3.63, 3.8) is 0 Å². The molecule has 0 aromatic heterocycles. The average molecular weight is 513 g/mol. The first kappa shape index (κ1) is 31.8. The van der Waals surface area contributed by atoms with Crippen LogP contribution in [-0.2, 0) is 28.7 Å². The maximum Gasteiger partial charge on any atom is 0.320 e. The highest BCUT2D eigenvalue weighted by Gasteiger charge is 2.65. The van der Waals surface area contributed by atoms with Crippen molar-refractivity contribution in [2.24, 2.45) is 23.2 Å². The number of rotatable bonds is 18. The first-order valence-corrected chi connectivity index (χ1v) is 13.3. The number of aliphatic carboxylic acids is 1. The fraction of sp³-hybridized carbons (Fsp3) is 0.778. The van der Waals surface area contributed by atoms with Crippen molar-refractivity contribution < 1.29 is 44.0 Å². The fourth-order valence-corrected chi connectivity index (χ4v) is 5.13. The molecular weight excluding hydrogens is 468 g/mol. The SMILES string of the molecule is CCCCCC(O)/C=C/C1C(CO)C(C(=O)O)C(=O)C1(CCCCCCC(=O)OCC)C(=O)OCC. The van der Waals surface area contributed by atoms with Crippen LogP contribution in [-0.4, -0.2) is 64.9 Å². The number of carboxylic acid groups (broad SMARTS) is 1. The minimum absolute atomic E-state index is 0.0189. The highest BCUT2D eigenvalue weighted by Crippen LogP contribution is 2.52. The van der Waals surface area contributed by atoms with Gasteiger partial charge in [0.15, 0.2) is 5.78 Å². The zero-order valence-corrected chi connectivity index (χ0v) is 21.9. The van der Waals surface area contributed by atoms with Crippen LogP contribution in [0.1, 0.15) is 85.0 Å². The van der Waals surface area contributed by atoms with E-state index < -0.39 is 53.6 Å². The predicted octanol–water partition coefficient (Wildman–Crippen LogP) is 3.45. The first-order chi connectivity index (χ1) is 17.2. The van der Waals surface area contributed by atoms with Gasteiger partial charge in [0, 0.05) is 24.9 Å². The van der Waals surface area contributed by atoms with E-state index in [1.165, 1.54) is 12.2 Å². The van der Waals surface area contributed by atoms with Gasteiger partial charge >= 0.3 is 17.9 Å². The molecule has 9 nitrogen and oxygen atoms in total. The molecule has 0 radical (unpaired) electrons. The molecule has 1 aliphatic rings. The average Bonchev–Trinajstić information content (AvgIpc) is 3.08. The molecule has 1 saturated carbocycles. The van der Waals surface area contributed by atoms with E-state index in [2.05, 4.69) is 6.92 Å². The molecule has 36 heavy (non-hydrogen) atoms. The van der Waals surface area contributed by atoms with Gasteiger partial charge in [-0.1, -0.05) is 57.6 Å². The molecule has 1 aliphatic carbocycles. The number of esters is 2. The summed E-state index contributed by atoms with van der Waals surface area (Å²) in [4.78, 5) is 50.4. The first-order valence-electron chi connectivity index (χ1n) is 13.3. The summed E-state index contributed by atoms with van der Waals surface area (Å²) in [6.45, 7) is 5.15. The lowest BCUT2D eigenvalue weighted by atomic mass is 9.71. The maximum absolute atomic E-state index is 13.6. The molecule has 9 heteroatoms. The van der Waals surface area contributed by atoms with Crippen LogP contribution >= 0.6 is 0 Å². The second-order valence-electron chi connectivity index (χ2n) is 9.41. The molecular formula is C27H44O9. The van der Waals surface area contributed by atoms with E-state index in [0.29, 0.717) is 38.7 Å². The number of aliphatic hydroxyl groups excluding tert-OH is 2. The third kappa shape index (κ3) is 8.40. The van der Waals surface area contributed by atoms with Crippen LogP contribution in [0.15, 0.2) is 12.2 Å². The highest BCUT2D eigenvalue weighted by molar-refractivity contribution is 6.14. The second-order valence-corrected chi connectivity index (χ2v) is 9.41. The van der Waals surface area contributed by atoms with Crippen LogP contribution in [0, 0.1) is 23.2 Å². The number of allylic oxidation sites excluding steroid dienone is 1. The van der Waals surface area contributed by atoms with Crippen molar-refractivity contribution in [1.82, 2.24) is 0 Å². The molecule has 0 aromatic carbocycles. The molecule has 0 saturated heterocycles. The van der Waals surface area contributed by atoms with Crippen LogP contribution < -0.4 is 0 Å². The van der Waals surface area contributed by atoms with Crippen molar-refractivity contribution in [1.29, 1.82) is 0 Å². The van der Waals surface area contributed by atoms with E-state index in [4.69, 9.17) is 9.47 Å². The van der Waals surface area contributed by atoms with E-state index >= 15 is 0 Å². The Labute approximate surface area is 214 Å². The molecule has 0 amide bonds. The number of ether oxygens (including phenoxy) is 2. The summed E-state index contributed by atoms with van der Waals surface area (Å²) < 4.78 is 10.2. The van der Waals surface area contributed by atoms with Crippen molar-refractivity contribution in [2.75, 3.05) is 19.8 Å². The Kier molecular flexibility index (Phi) is 14.5. The van der Waals surface area contributed by atoms with E-state index in [1.54, 1.807) is 13.8 Å². The molecule has 0 aromatic rings. The van der Waals surface area contributed by atoms with Crippen LogP contribution in [0.3, 0.4) is 0 Å². The Bertz CT molecular complexity index is 748.